The lowest BCUT2D eigenvalue weighted by molar-refractivity contribution is -0.116. The van der Waals surface area contributed by atoms with Gasteiger partial charge in [0, 0.05) is 0 Å². The molecular formula is C34H40O. The van der Waals surface area contributed by atoms with E-state index in [4.69, 9.17) is 0 Å². The first-order chi connectivity index (χ1) is 17.0. The second-order valence-corrected chi connectivity index (χ2v) is 10.5. The lowest BCUT2D eigenvalue weighted by Crippen LogP contribution is -2.17. The van der Waals surface area contributed by atoms with E-state index in [0.29, 0.717) is 0 Å². The standard InChI is InChI=1S/C20H20O.C14H20/c1-2-7-15-8-3-4-10-17(15)14-19-18-11-6-5-9-16(18)12-13-20(19)21;1-11-3-7-13(8-4-11)14-9-5-12(2)6-10-14/h3-6,8-13,19H,2,7,14H2,1H3;3-4,7-8,12,14H,5-6,9-10H2,1-2H3. The van der Waals surface area contributed by atoms with Crippen LogP contribution >= 0.6 is 0 Å². The molecule has 1 fully saturated rings. The van der Waals surface area contributed by atoms with E-state index in [1.807, 2.05) is 18.2 Å². The van der Waals surface area contributed by atoms with Crippen molar-refractivity contribution in [2.24, 2.45) is 5.92 Å². The number of benzene rings is 3. The highest BCUT2D eigenvalue weighted by Crippen LogP contribution is 2.35. The van der Waals surface area contributed by atoms with Crippen LogP contribution in [0.4, 0.5) is 0 Å². The first-order valence-corrected chi connectivity index (χ1v) is 13.5. The van der Waals surface area contributed by atoms with E-state index < -0.39 is 0 Å². The largest absolute Gasteiger partial charge is 0.294 e. The maximum atomic E-state index is 12.3. The second-order valence-electron chi connectivity index (χ2n) is 10.5. The number of hydrogen-bond donors (Lipinski definition) is 0. The molecule has 182 valence electrons. The normalized spacial score (nSPS) is 21.1. The molecule has 0 heterocycles. The summed E-state index contributed by atoms with van der Waals surface area (Å²) in [5, 5.41) is 0. The molecule has 35 heavy (non-hydrogen) atoms. The first kappa shape index (κ1) is 25.2. The van der Waals surface area contributed by atoms with E-state index in [1.165, 1.54) is 47.9 Å². The predicted molar refractivity (Wildman–Crippen MR) is 149 cm³/mol. The summed E-state index contributed by atoms with van der Waals surface area (Å²) in [7, 11) is 0. The van der Waals surface area contributed by atoms with Crippen molar-refractivity contribution in [1.82, 2.24) is 0 Å². The molecule has 0 radical (unpaired) electrons. The van der Waals surface area contributed by atoms with Crippen LogP contribution in [-0.2, 0) is 17.6 Å². The predicted octanol–water partition coefficient (Wildman–Crippen LogP) is 8.85. The summed E-state index contributed by atoms with van der Waals surface area (Å²) < 4.78 is 0. The summed E-state index contributed by atoms with van der Waals surface area (Å²) in [6, 6.07) is 25.9. The van der Waals surface area contributed by atoms with Crippen LogP contribution in [0.25, 0.3) is 6.08 Å². The van der Waals surface area contributed by atoms with Crippen LogP contribution in [-0.4, -0.2) is 5.78 Å². The fraction of sp³-hybridized carbons (Fsp3) is 0.382. The number of fused-ring (bicyclic) bond motifs is 1. The number of aryl methyl sites for hydroxylation is 2. The van der Waals surface area contributed by atoms with Gasteiger partial charge in [0.1, 0.15) is 0 Å². The monoisotopic (exact) mass is 464 g/mol. The van der Waals surface area contributed by atoms with Gasteiger partial charge in [-0.05, 0) is 78.3 Å². The van der Waals surface area contributed by atoms with Crippen LogP contribution in [0.5, 0.6) is 0 Å². The van der Waals surface area contributed by atoms with Crippen LogP contribution in [0.1, 0.15) is 91.2 Å². The Labute approximate surface area is 212 Å². The molecule has 3 aromatic rings. The minimum absolute atomic E-state index is 0.0378. The number of carbonyl (C=O) groups excluding carboxylic acids is 1. The van der Waals surface area contributed by atoms with Gasteiger partial charge in [0.05, 0.1) is 5.92 Å². The third-order valence-corrected chi connectivity index (χ3v) is 7.77. The Bertz CT molecular complexity index is 1130. The number of allylic oxidation sites excluding steroid dienone is 1. The zero-order valence-electron chi connectivity index (χ0n) is 21.7. The molecular weight excluding hydrogens is 424 g/mol. The van der Waals surface area contributed by atoms with Crippen molar-refractivity contribution in [3.05, 3.63) is 112 Å². The third-order valence-electron chi connectivity index (χ3n) is 7.77. The Morgan fingerprint density at radius 3 is 2.14 bits per heavy atom. The van der Waals surface area contributed by atoms with Gasteiger partial charge in [0.15, 0.2) is 5.78 Å². The van der Waals surface area contributed by atoms with Gasteiger partial charge in [-0.25, -0.2) is 0 Å². The van der Waals surface area contributed by atoms with E-state index in [2.05, 4.69) is 81.4 Å². The van der Waals surface area contributed by atoms with Crippen LogP contribution in [0.2, 0.25) is 0 Å². The number of rotatable bonds is 5. The van der Waals surface area contributed by atoms with Crippen LogP contribution in [0.15, 0.2) is 78.9 Å². The molecule has 1 unspecified atom stereocenters. The van der Waals surface area contributed by atoms with Crippen LogP contribution in [0, 0.1) is 12.8 Å². The number of ketones is 1. The van der Waals surface area contributed by atoms with Gasteiger partial charge in [-0.3, -0.25) is 4.79 Å². The Hall–Kier alpha value is -2.93. The molecule has 0 amide bonds. The molecule has 0 saturated heterocycles. The number of hydrogen-bond acceptors (Lipinski definition) is 1. The first-order valence-electron chi connectivity index (χ1n) is 13.5. The van der Waals surface area contributed by atoms with E-state index in [1.54, 1.807) is 11.6 Å². The lowest BCUT2D eigenvalue weighted by atomic mass is 9.79. The summed E-state index contributed by atoms with van der Waals surface area (Å²) in [5.41, 5.74) is 7.95. The van der Waals surface area contributed by atoms with Crippen molar-refractivity contribution in [3.63, 3.8) is 0 Å². The molecule has 0 N–H and O–H groups in total. The summed E-state index contributed by atoms with van der Waals surface area (Å²) in [6.07, 6.45) is 12.3. The minimum atomic E-state index is -0.0378. The second kappa shape index (κ2) is 12.2. The summed E-state index contributed by atoms with van der Waals surface area (Å²) in [4.78, 5) is 12.3. The van der Waals surface area contributed by atoms with Gasteiger partial charge in [-0.2, -0.15) is 0 Å². The van der Waals surface area contributed by atoms with Crippen molar-refractivity contribution in [1.29, 1.82) is 0 Å². The topological polar surface area (TPSA) is 17.1 Å². The smallest absolute Gasteiger partial charge is 0.163 e. The van der Waals surface area contributed by atoms with Gasteiger partial charge in [0.25, 0.3) is 0 Å². The number of carbonyl (C=O) groups is 1. The maximum Gasteiger partial charge on any atom is 0.163 e. The third kappa shape index (κ3) is 6.60. The maximum absolute atomic E-state index is 12.3. The van der Waals surface area contributed by atoms with Crippen molar-refractivity contribution in [2.45, 2.75) is 77.6 Å². The van der Waals surface area contributed by atoms with Gasteiger partial charge in [-0.15, -0.1) is 0 Å². The fourth-order valence-corrected chi connectivity index (χ4v) is 5.55. The molecule has 3 aromatic carbocycles. The van der Waals surface area contributed by atoms with Crippen molar-refractivity contribution in [2.75, 3.05) is 0 Å². The molecule has 0 aromatic heterocycles. The van der Waals surface area contributed by atoms with Crippen molar-refractivity contribution in [3.8, 4) is 0 Å². The summed E-state index contributed by atoms with van der Waals surface area (Å²) in [5.74, 6) is 1.98. The lowest BCUT2D eigenvalue weighted by Gasteiger charge is -2.26. The highest BCUT2D eigenvalue weighted by atomic mass is 16.1. The fourth-order valence-electron chi connectivity index (χ4n) is 5.55. The minimum Gasteiger partial charge on any atom is -0.294 e. The molecule has 0 spiro atoms. The Kier molecular flexibility index (Phi) is 8.74. The zero-order valence-corrected chi connectivity index (χ0v) is 21.7. The average Bonchev–Trinajstić information content (AvgIpc) is 2.88. The van der Waals surface area contributed by atoms with Crippen LogP contribution in [0.3, 0.4) is 0 Å². The van der Waals surface area contributed by atoms with E-state index >= 15 is 0 Å². The Morgan fingerprint density at radius 2 is 1.43 bits per heavy atom. The molecule has 2 aliphatic rings. The summed E-state index contributed by atoms with van der Waals surface area (Å²) in [6.45, 7) is 6.73. The van der Waals surface area contributed by atoms with Crippen molar-refractivity contribution >= 4 is 11.9 Å². The Morgan fingerprint density at radius 1 is 0.771 bits per heavy atom. The highest BCUT2D eigenvalue weighted by molar-refractivity contribution is 6.02. The molecule has 5 rings (SSSR count). The molecule has 1 heteroatoms. The molecule has 1 nitrogen and oxygen atoms in total. The molecule has 1 atom stereocenters. The van der Waals surface area contributed by atoms with E-state index in [0.717, 1.165) is 36.7 Å². The molecule has 2 aliphatic carbocycles. The molecule has 0 aliphatic heterocycles. The Balaban J connectivity index is 0.000000179. The quantitative estimate of drug-likeness (QED) is 0.368. The zero-order chi connectivity index (χ0) is 24.6. The van der Waals surface area contributed by atoms with Crippen LogP contribution < -0.4 is 0 Å². The summed E-state index contributed by atoms with van der Waals surface area (Å²) >= 11 is 0. The molecule has 0 bridgehead atoms. The van der Waals surface area contributed by atoms with Gasteiger partial charge < -0.3 is 0 Å². The van der Waals surface area contributed by atoms with Crippen molar-refractivity contribution < 1.29 is 4.79 Å². The van der Waals surface area contributed by atoms with Gasteiger partial charge in [0.2, 0.25) is 0 Å². The van der Waals surface area contributed by atoms with Gasteiger partial charge in [-0.1, -0.05) is 118 Å². The van der Waals surface area contributed by atoms with E-state index in [-0.39, 0.29) is 11.7 Å². The van der Waals surface area contributed by atoms with E-state index in [9.17, 15) is 4.79 Å². The average molecular weight is 465 g/mol. The molecule has 1 saturated carbocycles. The SMILES string of the molecule is CCCc1ccccc1CC1C(=O)C=Cc2ccccc21.Cc1ccc(C2CCC(C)CC2)cc1. The van der Waals surface area contributed by atoms with Gasteiger partial charge >= 0.3 is 0 Å². The highest BCUT2D eigenvalue weighted by Gasteiger charge is 2.24.